The molecule has 90 valence electrons. The highest BCUT2D eigenvalue weighted by atomic mass is 79.9. The quantitative estimate of drug-likeness (QED) is 0.759. The van der Waals surface area contributed by atoms with Crippen molar-refractivity contribution in [3.63, 3.8) is 0 Å². The molecule has 0 radical (unpaired) electrons. The molecular formula is C13H7Br2NO2. The Morgan fingerprint density at radius 3 is 2.61 bits per heavy atom. The highest BCUT2D eigenvalue weighted by Gasteiger charge is 2.24. The molecule has 0 aliphatic carbocycles. The number of nitriles is 1. The van der Waals surface area contributed by atoms with E-state index >= 15 is 0 Å². The molecule has 0 bridgehead atoms. The van der Waals surface area contributed by atoms with E-state index in [1.165, 1.54) is 0 Å². The topological polar surface area (TPSA) is 54.0 Å². The third kappa shape index (κ3) is 2.71. The molecule has 18 heavy (non-hydrogen) atoms. The lowest BCUT2D eigenvalue weighted by Gasteiger charge is -2.06. The highest BCUT2D eigenvalue weighted by Crippen LogP contribution is 2.25. The van der Waals surface area contributed by atoms with Crippen molar-refractivity contribution in [3.05, 3.63) is 56.9 Å². The molecule has 0 aliphatic rings. The lowest BCUT2D eigenvalue weighted by atomic mass is 9.95. The van der Waals surface area contributed by atoms with Gasteiger partial charge in [0.1, 0.15) is 5.92 Å². The van der Waals surface area contributed by atoms with Crippen LogP contribution in [0.4, 0.5) is 0 Å². The predicted octanol–water partition coefficient (Wildman–Crippen LogP) is 4.29. The second-order valence-corrected chi connectivity index (χ2v) is 5.28. The van der Waals surface area contributed by atoms with E-state index in [2.05, 4.69) is 31.9 Å². The third-order valence-electron chi connectivity index (χ3n) is 2.39. The van der Waals surface area contributed by atoms with Crippen LogP contribution in [-0.2, 0) is 0 Å². The van der Waals surface area contributed by atoms with Crippen molar-refractivity contribution in [2.75, 3.05) is 0 Å². The maximum absolute atomic E-state index is 12.1. The maximum atomic E-state index is 12.1. The van der Waals surface area contributed by atoms with Crippen molar-refractivity contribution in [2.24, 2.45) is 0 Å². The molecule has 2 rings (SSSR count). The van der Waals surface area contributed by atoms with Gasteiger partial charge in [-0.15, -0.1) is 0 Å². The molecule has 1 atom stereocenters. The van der Waals surface area contributed by atoms with Crippen LogP contribution in [0.5, 0.6) is 0 Å². The minimum Gasteiger partial charge on any atom is -0.446 e. The molecule has 0 spiro atoms. The molecule has 0 fully saturated rings. The zero-order chi connectivity index (χ0) is 13.1. The van der Waals surface area contributed by atoms with Crippen LogP contribution in [0.25, 0.3) is 0 Å². The molecule has 0 N–H and O–H groups in total. The highest BCUT2D eigenvalue weighted by molar-refractivity contribution is 9.10. The fourth-order valence-corrected chi connectivity index (χ4v) is 2.28. The van der Waals surface area contributed by atoms with Crippen LogP contribution in [0, 0.1) is 11.3 Å². The molecule has 0 saturated carbocycles. The van der Waals surface area contributed by atoms with Gasteiger partial charge in [0.2, 0.25) is 5.78 Å². The monoisotopic (exact) mass is 367 g/mol. The van der Waals surface area contributed by atoms with Crippen LogP contribution >= 0.6 is 31.9 Å². The molecule has 0 aliphatic heterocycles. The van der Waals surface area contributed by atoms with Gasteiger partial charge in [0, 0.05) is 4.47 Å². The number of ketones is 1. The van der Waals surface area contributed by atoms with Gasteiger partial charge < -0.3 is 4.42 Å². The van der Waals surface area contributed by atoms with Gasteiger partial charge in [0.15, 0.2) is 10.4 Å². The average Bonchev–Trinajstić information content (AvgIpc) is 2.77. The number of hydrogen-bond donors (Lipinski definition) is 0. The fourth-order valence-electron chi connectivity index (χ4n) is 1.56. The number of benzene rings is 1. The Hall–Kier alpha value is -1.38. The second-order valence-electron chi connectivity index (χ2n) is 3.59. The van der Waals surface area contributed by atoms with Gasteiger partial charge in [-0.05, 0) is 45.8 Å². The molecular weight excluding hydrogens is 362 g/mol. The number of hydrogen-bond acceptors (Lipinski definition) is 3. The van der Waals surface area contributed by atoms with Gasteiger partial charge in [-0.3, -0.25) is 4.79 Å². The largest absolute Gasteiger partial charge is 0.446 e. The summed E-state index contributed by atoms with van der Waals surface area (Å²) in [5.41, 5.74) is 0.643. The molecule has 1 unspecified atom stereocenters. The van der Waals surface area contributed by atoms with Crippen molar-refractivity contribution in [1.82, 2.24) is 0 Å². The Morgan fingerprint density at radius 2 is 2.06 bits per heavy atom. The first-order valence-electron chi connectivity index (χ1n) is 5.06. The van der Waals surface area contributed by atoms with Crippen molar-refractivity contribution < 1.29 is 9.21 Å². The molecule has 2 aromatic rings. The minimum absolute atomic E-state index is 0.174. The van der Waals surface area contributed by atoms with Crippen LogP contribution in [0.15, 0.2) is 50.0 Å². The summed E-state index contributed by atoms with van der Waals surface area (Å²) in [4.78, 5) is 12.1. The SMILES string of the molecule is N#CC(C(=O)c1ccc(Br)o1)c1cccc(Br)c1. The summed E-state index contributed by atoms with van der Waals surface area (Å²) in [7, 11) is 0. The van der Waals surface area contributed by atoms with E-state index in [9.17, 15) is 4.79 Å². The van der Waals surface area contributed by atoms with E-state index in [1.807, 2.05) is 12.1 Å². The van der Waals surface area contributed by atoms with Crippen molar-refractivity contribution in [1.29, 1.82) is 5.26 Å². The number of carbonyl (C=O) groups is 1. The zero-order valence-electron chi connectivity index (χ0n) is 9.06. The maximum Gasteiger partial charge on any atom is 0.219 e. The number of furan rings is 1. The van der Waals surface area contributed by atoms with Gasteiger partial charge in [-0.2, -0.15) is 5.26 Å². The van der Waals surface area contributed by atoms with Crippen LogP contribution in [0.3, 0.4) is 0 Å². The first-order chi connectivity index (χ1) is 8.61. The summed E-state index contributed by atoms with van der Waals surface area (Å²) in [6.07, 6.45) is 0. The van der Waals surface area contributed by atoms with Gasteiger partial charge in [-0.1, -0.05) is 28.1 Å². The van der Waals surface area contributed by atoms with Crippen LogP contribution < -0.4 is 0 Å². The molecule has 1 aromatic carbocycles. The number of Topliss-reactive ketones (excluding diaryl/α,β-unsaturated/α-hetero) is 1. The summed E-state index contributed by atoms with van der Waals surface area (Å²) < 4.78 is 6.48. The van der Waals surface area contributed by atoms with Crippen LogP contribution in [-0.4, -0.2) is 5.78 Å². The Labute approximate surface area is 121 Å². The van der Waals surface area contributed by atoms with Crippen molar-refractivity contribution in [3.8, 4) is 6.07 Å². The molecule has 1 aromatic heterocycles. The molecule has 5 heteroatoms. The molecule has 1 heterocycles. The Kier molecular flexibility index (Phi) is 4.00. The van der Waals surface area contributed by atoms with Gasteiger partial charge in [-0.25, -0.2) is 0 Å². The predicted molar refractivity (Wildman–Crippen MR) is 73.2 cm³/mol. The van der Waals surface area contributed by atoms with Gasteiger partial charge in [0.05, 0.1) is 6.07 Å². The third-order valence-corrected chi connectivity index (χ3v) is 3.31. The Morgan fingerprint density at radius 1 is 1.28 bits per heavy atom. The van der Waals surface area contributed by atoms with Crippen LogP contribution in [0.1, 0.15) is 22.0 Å². The zero-order valence-corrected chi connectivity index (χ0v) is 12.2. The van der Waals surface area contributed by atoms with E-state index < -0.39 is 5.92 Å². The number of rotatable bonds is 3. The van der Waals surface area contributed by atoms with E-state index in [-0.39, 0.29) is 11.5 Å². The Bertz CT molecular complexity index is 628. The van der Waals surface area contributed by atoms with E-state index in [0.717, 1.165) is 4.47 Å². The summed E-state index contributed by atoms with van der Waals surface area (Å²) in [6.45, 7) is 0. The van der Waals surface area contributed by atoms with E-state index in [4.69, 9.17) is 9.68 Å². The van der Waals surface area contributed by atoms with Crippen molar-refractivity contribution in [2.45, 2.75) is 5.92 Å². The normalized spacial score (nSPS) is 11.8. The number of carbonyl (C=O) groups excluding carboxylic acids is 1. The lowest BCUT2D eigenvalue weighted by Crippen LogP contribution is -2.10. The minimum atomic E-state index is -0.861. The summed E-state index contributed by atoms with van der Waals surface area (Å²) in [6, 6.07) is 12.3. The Balaban J connectivity index is 2.35. The van der Waals surface area contributed by atoms with E-state index in [0.29, 0.717) is 10.2 Å². The number of halogens is 2. The smallest absolute Gasteiger partial charge is 0.219 e. The van der Waals surface area contributed by atoms with Crippen molar-refractivity contribution >= 4 is 37.6 Å². The average molecular weight is 369 g/mol. The standard InChI is InChI=1S/C13H7Br2NO2/c14-9-3-1-2-8(6-9)10(7-16)13(17)11-4-5-12(15)18-11/h1-6,10H. The van der Waals surface area contributed by atoms with Crippen LogP contribution in [0.2, 0.25) is 0 Å². The van der Waals surface area contributed by atoms with E-state index in [1.54, 1.807) is 30.3 Å². The second kappa shape index (κ2) is 5.51. The lowest BCUT2D eigenvalue weighted by molar-refractivity contribution is 0.0950. The summed E-state index contributed by atoms with van der Waals surface area (Å²) in [5, 5.41) is 9.17. The first-order valence-corrected chi connectivity index (χ1v) is 6.65. The first kappa shape index (κ1) is 13.1. The molecule has 0 amide bonds. The fraction of sp³-hybridized carbons (Fsp3) is 0.0769. The van der Waals surface area contributed by atoms with Gasteiger partial charge >= 0.3 is 0 Å². The summed E-state index contributed by atoms with van der Waals surface area (Å²) >= 11 is 6.45. The number of nitrogens with zero attached hydrogens (tertiary/aromatic N) is 1. The molecule has 3 nitrogen and oxygen atoms in total. The molecule has 0 saturated heterocycles. The summed E-state index contributed by atoms with van der Waals surface area (Å²) in [5.74, 6) is -1.03. The van der Waals surface area contributed by atoms with Gasteiger partial charge in [0.25, 0.3) is 0 Å².